The number of aryl methyl sites for hydroxylation is 1. The lowest BCUT2D eigenvalue weighted by Gasteiger charge is -2.32. The molecule has 2 aromatic rings. The van der Waals surface area contributed by atoms with Gasteiger partial charge in [0.15, 0.2) is 17.3 Å². The fraction of sp³-hybridized carbons (Fsp3) is 0.450. The van der Waals surface area contributed by atoms with Crippen molar-refractivity contribution >= 4 is 21.8 Å². The Morgan fingerprint density at radius 2 is 1.93 bits per heavy atom. The Hall–Kier alpha value is -1.99. The summed E-state index contributed by atoms with van der Waals surface area (Å²) in [6.45, 7) is 5.77. The number of fused-ring (bicyclic) bond motifs is 1. The number of halogens is 1. The Labute approximate surface area is 166 Å². The number of rotatable bonds is 4. The van der Waals surface area contributed by atoms with Crippen LogP contribution in [0.15, 0.2) is 33.4 Å². The van der Waals surface area contributed by atoms with Crippen molar-refractivity contribution < 1.29 is 18.7 Å². The van der Waals surface area contributed by atoms with Crippen molar-refractivity contribution in [1.82, 2.24) is 10.2 Å². The van der Waals surface area contributed by atoms with Gasteiger partial charge in [-0.2, -0.15) is 0 Å². The monoisotopic (exact) mass is 434 g/mol. The van der Waals surface area contributed by atoms with E-state index >= 15 is 0 Å². The number of nitrogens with one attached hydrogen (secondary N) is 1. The van der Waals surface area contributed by atoms with E-state index in [2.05, 4.69) is 32.2 Å². The molecule has 0 unspecified atom stereocenters. The average Bonchev–Trinajstić information content (AvgIpc) is 3.10. The molecule has 1 fully saturated rings. The fourth-order valence-electron chi connectivity index (χ4n) is 3.56. The van der Waals surface area contributed by atoms with Gasteiger partial charge in [0, 0.05) is 35.7 Å². The van der Waals surface area contributed by atoms with Crippen LogP contribution in [0.5, 0.6) is 11.5 Å². The molecule has 0 bridgehead atoms. The van der Waals surface area contributed by atoms with E-state index in [0.717, 1.165) is 54.0 Å². The first-order valence-electron chi connectivity index (χ1n) is 9.25. The Morgan fingerprint density at radius 3 is 2.59 bits per heavy atom. The Balaban J connectivity index is 1.32. The smallest absolute Gasteiger partial charge is 0.287 e. The lowest BCUT2D eigenvalue weighted by molar-refractivity contribution is 0.0880. The predicted molar refractivity (Wildman–Crippen MR) is 104 cm³/mol. The van der Waals surface area contributed by atoms with Crippen LogP contribution >= 0.6 is 15.9 Å². The zero-order valence-corrected chi connectivity index (χ0v) is 16.9. The van der Waals surface area contributed by atoms with Gasteiger partial charge in [-0.25, -0.2) is 0 Å². The summed E-state index contributed by atoms with van der Waals surface area (Å²) in [7, 11) is 0. The van der Waals surface area contributed by atoms with E-state index < -0.39 is 0 Å². The molecule has 6 nitrogen and oxygen atoms in total. The summed E-state index contributed by atoms with van der Waals surface area (Å²) in [6.07, 6.45) is 3.40. The highest BCUT2D eigenvalue weighted by atomic mass is 79.9. The van der Waals surface area contributed by atoms with Gasteiger partial charge in [-0.15, -0.1) is 0 Å². The predicted octanol–water partition coefficient (Wildman–Crippen LogP) is 3.52. The van der Waals surface area contributed by atoms with E-state index in [4.69, 9.17) is 13.9 Å². The van der Waals surface area contributed by atoms with Crippen molar-refractivity contribution in [2.24, 2.45) is 0 Å². The second-order valence-corrected chi connectivity index (χ2v) is 7.90. The molecule has 144 valence electrons. The van der Waals surface area contributed by atoms with Crippen LogP contribution in [0.25, 0.3) is 0 Å². The molecule has 7 heteroatoms. The van der Waals surface area contributed by atoms with Crippen molar-refractivity contribution in [3.8, 4) is 11.5 Å². The van der Waals surface area contributed by atoms with Crippen molar-refractivity contribution in [3.05, 3.63) is 45.8 Å². The van der Waals surface area contributed by atoms with Crippen LogP contribution in [-0.2, 0) is 6.54 Å². The van der Waals surface area contributed by atoms with Crippen LogP contribution in [0.1, 0.15) is 34.5 Å². The Bertz CT molecular complexity index is 827. The summed E-state index contributed by atoms with van der Waals surface area (Å²) in [5, 5.41) is 3.09. The average molecular weight is 435 g/mol. The van der Waals surface area contributed by atoms with E-state index in [1.165, 1.54) is 5.56 Å². The number of benzene rings is 1. The minimum atomic E-state index is -0.120. The number of hydrogen-bond acceptors (Lipinski definition) is 5. The summed E-state index contributed by atoms with van der Waals surface area (Å²) in [6, 6.07) is 6.04. The number of ether oxygens (including phenoxy) is 2. The second kappa shape index (κ2) is 7.94. The molecule has 3 heterocycles. The molecular formula is C20H23BrN2O4. The number of carbonyl (C=O) groups excluding carboxylic acids is 1. The van der Waals surface area contributed by atoms with Crippen LogP contribution in [0, 0.1) is 6.92 Å². The molecule has 1 saturated heterocycles. The molecule has 2 aliphatic heterocycles. The fourth-order valence-corrected chi connectivity index (χ4v) is 4.01. The van der Waals surface area contributed by atoms with Gasteiger partial charge < -0.3 is 19.2 Å². The van der Waals surface area contributed by atoms with Gasteiger partial charge in [0.05, 0.1) is 6.26 Å². The molecule has 0 radical (unpaired) electrons. The summed E-state index contributed by atoms with van der Waals surface area (Å²) in [5.74, 6) is 1.91. The van der Waals surface area contributed by atoms with Crippen molar-refractivity contribution in [2.45, 2.75) is 32.4 Å². The zero-order chi connectivity index (χ0) is 18.8. The van der Waals surface area contributed by atoms with Crippen LogP contribution in [0.2, 0.25) is 0 Å². The first kappa shape index (κ1) is 18.4. The number of furan rings is 1. The molecule has 2 aliphatic rings. The molecule has 1 N–H and O–H groups in total. The van der Waals surface area contributed by atoms with E-state index in [1.807, 2.05) is 19.1 Å². The van der Waals surface area contributed by atoms with Gasteiger partial charge >= 0.3 is 0 Å². The van der Waals surface area contributed by atoms with Crippen LogP contribution < -0.4 is 14.8 Å². The number of piperidine rings is 1. The second-order valence-electron chi connectivity index (χ2n) is 7.04. The molecule has 0 aliphatic carbocycles. The molecule has 0 saturated carbocycles. The van der Waals surface area contributed by atoms with E-state index in [1.54, 1.807) is 6.26 Å². The first-order valence-corrected chi connectivity index (χ1v) is 10.0. The third kappa shape index (κ3) is 4.14. The molecule has 1 amide bonds. The summed E-state index contributed by atoms with van der Waals surface area (Å²) in [4.78, 5) is 14.7. The molecule has 1 aromatic heterocycles. The van der Waals surface area contributed by atoms with Crippen molar-refractivity contribution in [3.63, 3.8) is 0 Å². The number of hydrogen-bond donors (Lipinski definition) is 1. The Kier molecular flexibility index (Phi) is 5.41. The standard InChI is InChI=1S/C20H23BrN2O4/c1-13-4-7-27-19(13)20(24)22-15-2-5-23(6-3-15)12-14-10-17-18(11-16(14)21)26-9-8-25-17/h4,7,10-11,15H,2-3,5-6,8-9,12H2,1H3,(H,22,24). The minimum absolute atomic E-state index is 0.120. The minimum Gasteiger partial charge on any atom is -0.486 e. The van der Waals surface area contributed by atoms with E-state index in [-0.39, 0.29) is 11.9 Å². The van der Waals surface area contributed by atoms with Crippen molar-refractivity contribution in [2.75, 3.05) is 26.3 Å². The quantitative estimate of drug-likeness (QED) is 0.797. The zero-order valence-electron chi connectivity index (χ0n) is 15.3. The summed E-state index contributed by atoms with van der Waals surface area (Å²) < 4.78 is 17.6. The molecule has 0 atom stereocenters. The van der Waals surface area contributed by atoms with Gasteiger partial charge in [-0.05, 0) is 43.5 Å². The highest BCUT2D eigenvalue weighted by molar-refractivity contribution is 9.10. The lowest BCUT2D eigenvalue weighted by Crippen LogP contribution is -2.44. The highest BCUT2D eigenvalue weighted by Gasteiger charge is 2.24. The number of nitrogens with zero attached hydrogens (tertiary/aromatic N) is 1. The third-order valence-electron chi connectivity index (χ3n) is 5.10. The molecular weight excluding hydrogens is 412 g/mol. The number of likely N-dealkylation sites (tertiary alicyclic amines) is 1. The van der Waals surface area contributed by atoms with Crippen molar-refractivity contribution in [1.29, 1.82) is 0 Å². The molecule has 4 rings (SSSR count). The summed E-state index contributed by atoms with van der Waals surface area (Å²) in [5.41, 5.74) is 2.06. The van der Waals surface area contributed by atoms with Crippen LogP contribution in [0.4, 0.5) is 0 Å². The van der Waals surface area contributed by atoms with Crippen LogP contribution in [-0.4, -0.2) is 43.2 Å². The topological polar surface area (TPSA) is 63.9 Å². The third-order valence-corrected chi connectivity index (χ3v) is 5.83. The van der Waals surface area contributed by atoms with E-state index in [0.29, 0.717) is 19.0 Å². The van der Waals surface area contributed by atoms with E-state index in [9.17, 15) is 4.79 Å². The molecule has 1 aromatic carbocycles. The van der Waals surface area contributed by atoms with Gasteiger partial charge in [0.2, 0.25) is 0 Å². The first-order chi connectivity index (χ1) is 13.1. The number of carbonyl (C=O) groups is 1. The van der Waals surface area contributed by atoms with Gasteiger partial charge in [-0.1, -0.05) is 15.9 Å². The maximum absolute atomic E-state index is 12.3. The van der Waals surface area contributed by atoms with Gasteiger partial charge in [0.25, 0.3) is 5.91 Å². The normalized spacial score (nSPS) is 17.7. The maximum Gasteiger partial charge on any atom is 0.287 e. The maximum atomic E-state index is 12.3. The molecule has 27 heavy (non-hydrogen) atoms. The van der Waals surface area contributed by atoms with Gasteiger partial charge in [-0.3, -0.25) is 9.69 Å². The summed E-state index contributed by atoms with van der Waals surface area (Å²) >= 11 is 3.65. The van der Waals surface area contributed by atoms with Crippen LogP contribution in [0.3, 0.4) is 0 Å². The SMILES string of the molecule is Cc1ccoc1C(=O)NC1CCN(Cc2cc3c(cc2Br)OCCO3)CC1. The molecule has 0 spiro atoms. The number of amides is 1. The Morgan fingerprint density at radius 1 is 1.22 bits per heavy atom. The highest BCUT2D eigenvalue weighted by Crippen LogP contribution is 2.36. The lowest BCUT2D eigenvalue weighted by atomic mass is 10.0. The van der Waals surface area contributed by atoms with Gasteiger partial charge in [0.1, 0.15) is 13.2 Å². The largest absolute Gasteiger partial charge is 0.486 e.